The number of nitro groups is 1. The second-order valence-corrected chi connectivity index (χ2v) is 8.15. The second-order valence-electron chi connectivity index (χ2n) is 6.64. The van der Waals surface area contributed by atoms with Crippen molar-refractivity contribution in [2.75, 3.05) is 17.2 Å². The van der Waals surface area contributed by atoms with Crippen LogP contribution in [0.4, 0.5) is 16.4 Å². The van der Waals surface area contributed by atoms with Gasteiger partial charge in [-0.1, -0.05) is 11.6 Å². The molecule has 1 aromatic heterocycles. The van der Waals surface area contributed by atoms with Gasteiger partial charge in [0.25, 0.3) is 11.6 Å². The molecule has 0 bridgehead atoms. The maximum atomic E-state index is 12.7. The van der Waals surface area contributed by atoms with Crippen LogP contribution in [0.2, 0.25) is 5.02 Å². The van der Waals surface area contributed by atoms with Crippen molar-refractivity contribution in [3.63, 3.8) is 0 Å². The fourth-order valence-corrected chi connectivity index (χ4v) is 4.68. The zero-order valence-electron chi connectivity index (χ0n) is 16.0. The largest absolute Gasteiger partial charge is 0.452 e. The van der Waals surface area contributed by atoms with Crippen LogP contribution in [-0.2, 0) is 27.2 Å². The van der Waals surface area contributed by atoms with Gasteiger partial charge in [0.05, 0.1) is 21.2 Å². The fourth-order valence-electron chi connectivity index (χ4n) is 3.14. The summed E-state index contributed by atoms with van der Waals surface area (Å²) in [5, 5.41) is 16.3. The van der Waals surface area contributed by atoms with E-state index >= 15 is 0 Å². The number of amides is 2. The Morgan fingerprint density at radius 1 is 1.23 bits per heavy atom. The van der Waals surface area contributed by atoms with E-state index in [0.717, 1.165) is 35.8 Å². The van der Waals surface area contributed by atoms with Crippen molar-refractivity contribution in [3.05, 3.63) is 49.3 Å². The van der Waals surface area contributed by atoms with Crippen LogP contribution in [0.25, 0.3) is 0 Å². The first-order chi connectivity index (χ1) is 14.3. The van der Waals surface area contributed by atoms with Gasteiger partial charge in [0.1, 0.15) is 5.00 Å². The lowest BCUT2D eigenvalue weighted by Gasteiger charge is -2.13. The maximum Gasteiger partial charge on any atom is 0.341 e. The number of nitro benzene ring substituents is 1. The van der Waals surface area contributed by atoms with Crippen LogP contribution >= 0.6 is 22.9 Å². The minimum absolute atomic E-state index is 0.0104. The van der Waals surface area contributed by atoms with Gasteiger partial charge in [-0.25, -0.2) is 4.79 Å². The molecule has 0 saturated heterocycles. The van der Waals surface area contributed by atoms with Crippen LogP contribution in [0, 0.1) is 10.1 Å². The van der Waals surface area contributed by atoms with Gasteiger partial charge in [0, 0.05) is 23.9 Å². The molecule has 11 heteroatoms. The van der Waals surface area contributed by atoms with Gasteiger partial charge < -0.3 is 15.4 Å². The second kappa shape index (κ2) is 9.23. The van der Waals surface area contributed by atoms with Crippen molar-refractivity contribution in [1.29, 1.82) is 0 Å². The summed E-state index contributed by atoms with van der Waals surface area (Å²) < 4.78 is 5.16. The lowest BCUT2D eigenvalue weighted by Crippen LogP contribution is -2.22. The zero-order valence-corrected chi connectivity index (χ0v) is 17.5. The van der Waals surface area contributed by atoms with E-state index in [1.807, 2.05) is 0 Å². The highest BCUT2D eigenvalue weighted by Gasteiger charge is 2.27. The van der Waals surface area contributed by atoms with Crippen LogP contribution in [0.3, 0.4) is 0 Å². The Balaban J connectivity index is 1.68. The maximum absolute atomic E-state index is 12.7. The molecule has 1 heterocycles. The molecule has 2 N–H and O–H groups in total. The lowest BCUT2D eigenvalue weighted by atomic mass is 9.95. The molecule has 0 aliphatic heterocycles. The molecule has 1 aromatic carbocycles. The minimum atomic E-state index is -0.692. The van der Waals surface area contributed by atoms with Crippen molar-refractivity contribution in [3.8, 4) is 0 Å². The third-order valence-electron chi connectivity index (χ3n) is 4.44. The molecule has 0 saturated carbocycles. The summed E-state index contributed by atoms with van der Waals surface area (Å²) in [5.41, 5.74) is 1.11. The first kappa shape index (κ1) is 21.7. The predicted molar refractivity (Wildman–Crippen MR) is 112 cm³/mol. The Hall–Kier alpha value is -2.98. The highest BCUT2D eigenvalue weighted by atomic mass is 35.5. The van der Waals surface area contributed by atoms with Gasteiger partial charge in [-0.2, -0.15) is 0 Å². The van der Waals surface area contributed by atoms with Crippen LogP contribution in [0.1, 0.15) is 40.6 Å². The molecule has 0 spiro atoms. The van der Waals surface area contributed by atoms with Crippen molar-refractivity contribution in [1.82, 2.24) is 0 Å². The monoisotopic (exact) mass is 451 g/mol. The average Bonchev–Trinajstić information content (AvgIpc) is 3.04. The number of nitrogens with zero attached hydrogens (tertiary/aromatic N) is 1. The third-order valence-corrected chi connectivity index (χ3v) is 5.96. The van der Waals surface area contributed by atoms with Crippen LogP contribution < -0.4 is 10.6 Å². The molecule has 9 nitrogen and oxygen atoms in total. The standard InChI is InChI=1S/C19H18ClN3O6S/c1-10(24)21-18-17(12-4-2-3-5-15(12)30-18)19(26)29-9-16(25)22-14-7-6-11(23(27)28)8-13(14)20/h6-8H,2-5,9H2,1H3,(H,21,24)(H,22,25). The summed E-state index contributed by atoms with van der Waals surface area (Å²) in [7, 11) is 0. The summed E-state index contributed by atoms with van der Waals surface area (Å²) in [4.78, 5) is 47.5. The minimum Gasteiger partial charge on any atom is -0.452 e. The van der Waals surface area contributed by atoms with Gasteiger partial charge >= 0.3 is 5.97 Å². The number of hydrogen-bond acceptors (Lipinski definition) is 7. The number of halogens is 1. The Morgan fingerprint density at radius 2 is 1.97 bits per heavy atom. The van der Waals surface area contributed by atoms with Crippen LogP contribution in [0.5, 0.6) is 0 Å². The van der Waals surface area contributed by atoms with E-state index in [-0.39, 0.29) is 22.3 Å². The van der Waals surface area contributed by atoms with E-state index in [2.05, 4.69) is 10.6 Å². The van der Waals surface area contributed by atoms with E-state index < -0.39 is 23.4 Å². The number of hydrogen-bond donors (Lipinski definition) is 2. The highest BCUT2D eigenvalue weighted by Crippen LogP contribution is 2.38. The Bertz CT molecular complexity index is 1040. The van der Waals surface area contributed by atoms with E-state index in [0.29, 0.717) is 17.0 Å². The average molecular weight is 452 g/mol. The van der Waals surface area contributed by atoms with Crippen LogP contribution in [0.15, 0.2) is 18.2 Å². The van der Waals surface area contributed by atoms with Gasteiger partial charge in [-0.15, -0.1) is 11.3 Å². The molecule has 0 unspecified atom stereocenters. The number of thiophene rings is 1. The number of aryl methyl sites for hydroxylation is 1. The molecule has 0 radical (unpaired) electrons. The molecule has 1 aliphatic rings. The Morgan fingerprint density at radius 3 is 2.63 bits per heavy atom. The van der Waals surface area contributed by atoms with Gasteiger partial charge in [-0.3, -0.25) is 19.7 Å². The van der Waals surface area contributed by atoms with Crippen LogP contribution in [-0.4, -0.2) is 29.3 Å². The fraction of sp³-hybridized carbons (Fsp3) is 0.316. The summed E-state index contributed by atoms with van der Waals surface area (Å²) >= 11 is 7.30. The van der Waals surface area contributed by atoms with Crippen molar-refractivity contribution < 1.29 is 24.0 Å². The Kier molecular flexibility index (Phi) is 6.68. The van der Waals surface area contributed by atoms with Crippen molar-refractivity contribution >= 4 is 57.1 Å². The first-order valence-corrected chi connectivity index (χ1v) is 10.3. The first-order valence-electron chi connectivity index (χ1n) is 9.09. The number of carbonyl (C=O) groups is 3. The number of benzene rings is 1. The van der Waals surface area contributed by atoms with Crippen molar-refractivity contribution in [2.45, 2.75) is 32.6 Å². The number of nitrogens with one attached hydrogen (secondary N) is 2. The number of non-ortho nitro benzene ring substituents is 1. The number of rotatable bonds is 6. The smallest absolute Gasteiger partial charge is 0.341 e. The molecule has 158 valence electrons. The number of ether oxygens (including phenoxy) is 1. The molecule has 1 aliphatic carbocycles. The molecular formula is C19H18ClN3O6S. The highest BCUT2D eigenvalue weighted by molar-refractivity contribution is 7.17. The van der Waals surface area contributed by atoms with Gasteiger partial charge in [0.15, 0.2) is 6.61 Å². The number of anilines is 2. The van der Waals surface area contributed by atoms with E-state index in [4.69, 9.17) is 16.3 Å². The molecule has 3 rings (SSSR count). The zero-order chi connectivity index (χ0) is 21.8. The third kappa shape index (κ3) is 4.95. The number of fused-ring (bicyclic) bond motifs is 1. The SMILES string of the molecule is CC(=O)Nc1sc2c(c1C(=O)OCC(=O)Nc1ccc([N+](=O)[O-])cc1Cl)CCCC2. The lowest BCUT2D eigenvalue weighted by molar-refractivity contribution is -0.384. The quantitative estimate of drug-likeness (QED) is 0.389. The predicted octanol–water partition coefficient (Wildman–Crippen LogP) is 3.94. The van der Waals surface area contributed by atoms with E-state index in [1.165, 1.54) is 30.4 Å². The topological polar surface area (TPSA) is 128 Å². The summed E-state index contributed by atoms with van der Waals surface area (Å²) in [6.45, 7) is 0.783. The summed E-state index contributed by atoms with van der Waals surface area (Å²) in [6, 6.07) is 3.61. The summed E-state index contributed by atoms with van der Waals surface area (Å²) in [6.07, 6.45) is 3.49. The summed E-state index contributed by atoms with van der Waals surface area (Å²) in [5.74, 6) is -1.64. The molecule has 2 aromatic rings. The van der Waals surface area contributed by atoms with Gasteiger partial charge in [0.2, 0.25) is 5.91 Å². The van der Waals surface area contributed by atoms with E-state index in [1.54, 1.807) is 0 Å². The van der Waals surface area contributed by atoms with Gasteiger partial charge in [-0.05, 0) is 37.3 Å². The van der Waals surface area contributed by atoms with Crippen molar-refractivity contribution in [2.24, 2.45) is 0 Å². The molecule has 30 heavy (non-hydrogen) atoms. The van der Waals surface area contributed by atoms with E-state index in [9.17, 15) is 24.5 Å². The molecule has 0 atom stereocenters. The molecule has 2 amide bonds. The number of esters is 1. The Labute approximate surface area is 180 Å². The normalized spacial score (nSPS) is 12.6. The molecular weight excluding hydrogens is 434 g/mol. The number of carbonyl (C=O) groups excluding carboxylic acids is 3. The molecule has 0 fully saturated rings.